The van der Waals surface area contributed by atoms with Crippen LogP contribution in [-0.2, 0) is 4.74 Å². The number of carbonyl (C=O) groups excluding carboxylic acids is 1. The van der Waals surface area contributed by atoms with Crippen molar-refractivity contribution in [3.63, 3.8) is 0 Å². The van der Waals surface area contributed by atoms with Gasteiger partial charge in [-0.15, -0.1) is 0 Å². The van der Waals surface area contributed by atoms with E-state index in [4.69, 9.17) is 10.0 Å². The van der Waals surface area contributed by atoms with E-state index in [0.717, 1.165) is 0 Å². The molecule has 0 spiro atoms. The molecule has 1 rings (SSSR count). The fourth-order valence-electron chi connectivity index (χ4n) is 1.25. The number of benzene rings is 1. The second-order valence-corrected chi connectivity index (χ2v) is 3.09. The van der Waals surface area contributed by atoms with Crippen molar-refractivity contribution in [2.75, 3.05) is 7.11 Å². The summed E-state index contributed by atoms with van der Waals surface area (Å²) >= 11 is 0. The molecule has 0 atom stereocenters. The zero-order valence-corrected chi connectivity index (χ0v) is 8.39. The van der Waals surface area contributed by atoms with Gasteiger partial charge in [0.1, 0.15) is 5.75 Å². The van der Waals surface area contributed by atoms with Gasteiger partial charge in [-0.2, -0.15) is 0 Å². The highest BCUT2D eigenvalue weighted by molar-refractivity contribution is 6.59. The van der Waals surface area contributed by atoms with Crippen LogP contribution in [0.15, 0.2) is 12.1 Å². The van der Waals surface area contributed by atoms with Crippen molar-refractivity contribution in [1.29, 1.82) is 0 Å². The van der Waals surface area contributed by atoms with Gasteiger partial charge in [0.25, 0.3) is 0 Å². The van der Waals surface area contributed by atoms with Crippen LogP contribution in [0.5, 0.6) is 5.75 Å². The van der Waals surface area contributed by atoms with Crippen molar-refractivity contribution < 1.29 is 24.7 Å². The molecular formula is C9H11BO5. The van der Waals surface area contributed by atoms with Crippen LogP contribution in [-0.4, -0.2) is 35.4 Å². The molecule has 5 nitrogen and oxygen atoms in total. The van der Waals surface area contributed by atoms with E-state index in [1.807, 2.05) is 0 Å². The lowest BCUT2D eigenvalue weighted by atomic mass is 9.78. The van der Waals surface area contributed by atoms with Crippen LogP contribution in [0.2, 0.25) is 0 Å². The van der Waals surface area contributed by atoms with Gasteiger partial charge in [0.05, 0.1) is 12.7 Å². The molecule has 1 aromatic carbocycles. The Morgan fingerprint density at radius 3 is 2.47 bits per heavy atom. The number of rotatable bonds is 2. The van der Waals surface area contributed by atoms with Crippen molar-refractivity contribution >= 4 is 18.6 Å². The molecule has 6 heteroatoms. The number of hydrogen-bond donors (Lipinski definition) is 3. The zero-order chi connectivity index (χ0) is 11.6. The van der Waals surface area contributed by atoms with Gasteiger partial charge in [0.2, 0.25) is 0 Å². The average molecular weight is 210 g/mol. The summed E-state index contributed by atoms with van der Waals surface area (Å²) in [5, 5.41) is 27.2. The predicted octanol–water partition coefficient (Wildman–Crippen LogP) is -0.833. The maximum atomic E-state index is 11.3. The van der Waals surface area contributed by atoms with Gasteiger partial charge in [0.15, 0.2) is 0 Å². The number of phenols is 1. The molecule has 0 heterocycles. The second kappa shape index (κ2) is 4.33. The molecule has 0 unspecified atom stereocenters. The first kappa shape index (κ1) is 11.5. The molecule has 0 radical (unpaired) electrons. The smallest absolute Gasteiger partial charge is 0.492 e. The molecule has 3 N–H and O–H groups in total. The number of esters is 1. The zero-order valence-electron chi connectivity index (χ0n) is 8.39. The normalized spacial score (nSPS) is 9.87. The van der Waals surface area contributed by atoms with Gasteiger partial charge in [0, 0.05) is 5.46 Å². The molecule has 0 amide bonds. The van der Waals surface area contributed by atoms with E-state index in [0.29, 0.717) is 5.56 Å². The maximum absolute atomic E-state index is 11.3. The van der Waals surface area contributed by atoms with Crippen LogP contribution in [0.1, 0.15) is 15.9 Å². The third kappa shape index (κ3) is 2.29. The molecule has 0 saturated carbocycles. The number of aromatic hydroxyl groups is 1. The number of methoxy groups -OCH3 is 1. The van der Waals surface area contributed by atoms with E-state index in [2.05, 4.69) is 4.74 Å². The van der Waals surface area contributed by atoms with Gasteiger partial charge < -0.3 is 19.9 Å². The third-order valence-corrected chi connectivity index (χ3v) is 2.06. The molecule has 0 aromatic heterocycles. The van der Waals surface area contributed by atoms with Crippen molar-refractivity contribution in [3.8, 4) is 5.75 Å². The number of phenolic OH excluding ortho intramolecular Hbond substituents is 1. The summed E-state index contributed by atoms with van der Waals surface area (Å²) in [6.45, 7) is 1.61. The summed E-state index contributed by atoms with van der Waals surface area (Å²) in [4.78, 5) is 11.3. The summed E-state index contributed by atoms with van der Waals surface area (Å²) < 4.78 is 4.51. The Kier molecular flexibility index (Phi) is 3.33. The van der Waals surface area contributed by atoms with E-state index in [9.17, 15) is 9.90 Å². The fraction of sp³-hybridized carbons (Fsp3) is 0.222. The molecule has 0 saturated heterocycles. The quantitative estimate of drug-likeness (QED) is 0.438. The molecule has 15 heavy (non-hydrogen) atoms. The van der Waals surface area contributed by atoms with Gasteiger partial charge >= 0.3 is 13.1 Å². The molecule has 0 bridgehead atoms. The van der Waals surface area contributed by atoms with Crippen LogP contribution in [0.3, 0.4) is 0 Å². The van der Waals surface area contributed by atoms with Crippen molar-refractivity contribution in [1.82, 2.24) is 0 Å². The van der Waals surface area contributed by atoms with Crippen molar-refractivity contribution in [2.45, 2.75) is 6.92 Å². The topological polar surface area (TPSA) is 87.0 Å². The Morgan fingerprint density at radius 1 is 1.40 bits per heavy atom. The molecule has 0 fully saturated rings. The summed E-state index contributed by atoms with van der Waals surface area (Å²) in [6.07, 6.45) is 0. The number of carbonyl (C=O) groups is 1. The lowest BCUT2D eigenvalue weighted by Gasteiger charge is -2.08. The first-order chi connectivity index (χ1) is 6.97. The van der Waals surface area contributed by atoms with Gasteiger partial charge in [-0.25, -0.2) is 4.79 Å². The fourth-order valence-corrected chi connectivity index (χ4v) is 1.25. The number of aryl methyl sites for hydroxylation is 1. The average Bonchev–Trinajstić information content (AvgIpc) is 2.16. The lowest BCUT2D eigenvalue weighted by molar-refractivity contribution is 0.0600. The first-order valence-corrected chi connectivity index (χ1v) is 4.25. The Bertz CT molecular complexity index is 388. The molecule has 1 aromatic rings. The Hall–Kier alpha value is -1.53. The second-order valence-electron chi connectivity index (χ2n) is 3.09. The van der Waals surface area contributed by atoms with Crippen LogP contribution >= 0.6 is 0 Å². The molecule has 0 aliphatic heterocycles. The molecular weight excluding hydrogens is 199 g/mol. The number of ether oxygens (including phenoxy) is 1. The Labute approximate surface area is 87.1 Å². The van der Waals surface area contributed by atoms with Gasteiger partial charge in [-0.3, -0.25) is 0 Å². The van der Waals surface area contributed by atoms with Gasteiger partial charge in [-0.05, 0) is 24.6 Å². The van der Waals surface area contributed by atoms with Crippen molar-refractivity contribution in [3.05, 3.63) is 23.3 Å². The van der Waals surface area contributed by atoms with Crippen molar-refractivity contribution in [2.24, 2.45) is 0 Å². The molecule has 0 aliphatic carbocycles. The minimum atomic E-state index is -1.82. The largest absolute Gasteiger partial charge is 0.508 e. The SMILES string of the molecule is COC(=O)c1cc(B(O)O)c(O)cc1C. The minimum Gasteiger partial charge on any atom is -0.508 e. The van der Waals surface area contributed by atoms with E-state index in [1.165, 1.54) is 19.2 Å². The standard InChI is InChI=1S/C9H11BO5/c1-5-3-8(11)7(10(13)14)4-6(5)9(12)15-2/h3-4,11,13-14H,1-2H3. The first-order valence-electron chi connectivity index (χ1n) is 4.25. The van der Waals surface area contributed by atoms with E-state index in [1.54, 1.807) is 6.92 Å². The Morgan fingerprint density at radius 2 is 2.00 bits per heavy atom. The maximum Gasteiger partial charge on any atom is 0.492 e. The summed E-state index contributed by atoms with van der Waals surface area (Å²) in [5.74, 6) is -0.857. The van der Waals surface area contributed by atoms with Crippen LogP contribution in [0, 0.1) is 6.92 Å². The highest BCUT2D eigenvalue weighted by Gasteiger charge is 2.20. The van der Waals surface area contributed by atoms with Crippen LogP contribution in [0.4, 0.5) is 0 Å². The highest BCUT2D eigenvalue weighted by Crippen LogP contribution is 2.15. The van der Waals surface area contributed by atoms with E-state index >= 15 is 0 Å². The lowest BCUT2D eigenvalue weighted by Crippen LogP contribution is -2.31. The van der Waals surface area contributed by atoms with E-state index in [-0.39, 0.29) is 16.8 Å². The minimum absolute atomic E-state index is 0.124. The van der Waals surface area contributed by atoms with Crippen LogP contribution in [0.25, 0.3) is 0 Å². The monoisotopic (exact) mass is 210 g/mol. The highest BCUT2D eigenvalue weighted by atomic mass is 16.5. The van der Waals surface area contributed by atoms with Gasteiger partial charge in [-0.1, -0.05) is 0 Å². The molecule has 80 valence electrons. The summed E-state index contributed by atoms with van der Waals surface area (Å²) in [5.41, 5.74) is 0.572. The molecule has 0 aliphatic rings. The van der Waals surface area contributed by atoms with Crippen LogP contribution < -0.4 is 5.46 Å². The van der Waals surface area contributed by atoms with E-state index < -0.39 is 13.1 Å². The summed E-state index contributed by atoms with van der Waals surface area (Å²) in [7, 11) is -0.599. The number of hydrogen-bond acceptors (Lipinski definition) is 5. The predicted molar refractivity (Wildman–Crippen MR) is 54.0 cm³/mol. The Balaban J connectivity index is 3.29. The third-order valence-electron chi connectivity index (χ3n) is 2.06. The summed E-state index contributed by atoms with van der Waals surface area (Å²) in [6, 6.07) is 2.47.